The number of carbonyl (C=O) groups excluding carboxylic acids is 1. The van der Waals surface area contributed by atoms with Gasteiger partial charge in [0.25, 0.3) is 0 Å². The highest BCUT2D eigenvalue weighted by Crippen LogP contribution is 2.34. The van der Waals surface area contributed by atoms with Crippen LogP contribution in [0.2, 0.25) is 0 Å². The number of aromatic amines is 1. The van der Waals surface area contributed by atoms with Gasteiger partial charge in [-0.3, -0.25) is 4.90 Å². The van der Waals surface area contributed by atoms with Crippen molar-refractivity contribution in [2.75, 3.05) is 6.54 Å². The molecular weight excluding hydrogens is 312 g/mol. The van der Waals surface area contributed by atoms with Gasteiger partial charge in [-0.15, -0.1) is 0 Å². The topological polar surface area (TPSA) is 45.3 Å². The van der Waals surface area contributed by atoms with Gasteiger partial charge in [0, 0.05) is 18.4 Å². The van der Waals surface area contributed by atoms with E-state index in [1.54, 1.807) is 0 Å². The van der Waals surface area contributed by atoms with E-state index in [0.29, 0.717) is 6.54 Å². The van der Waals surface area contributed by atoms with Crippen molar-refractivity contribution in [3.8, 4) is 0 Å². The summed E-state index contributed by atoms with van der Waals surface area (Å²) in [6.45, 7) is 0.934. The van der Waals surface area contributed by atoms with Gasteiger partial charge in [0.1, 0.15) is 12.6 Å². The molecule has 1 aliphatic heterocycles. The van der Waals surface area contributed by atoms with Crippen LogP contribution in [0.15, 0.2) is 72.9 Å². The van der Waals surface area contributed by atoms with Crippen molar-refractivity contribution in [2.24, 2.45) is 0 Å². The first-order valence-electron chi connectivity index (χ1n) is 8.51. The van der Waals surface area contributed by atoms with E-state index in [1.165, 1.54) is 5.56 Å². The zero-order valence-corrected chi connectivity index (χ0v) is 13.9. The Bertz CT molecular complexity index is 843. The minimum absolute atomic E-state index is 0.136. The molecule has 0 saturated heterocycles. The molecule has 4 nitrogen and oxygen atoms in total. The van der Waals surface area contributed by atoms with E-state index in [2.05, 4.69) is 17.1 Å². The molecule has 0 aliphatic carbocycles. The molecule has 1 atom stereocenters. The molecule has 1 unspecified atom stereocenters. The zero-order chi connectivity index (χ0) is 17.1. The summed E-state index contributed by atoms with van der Waals surface area (Å²) in [4.78, 5) is 17.9. The van der Waals surface area contributed by atoms with Crippen LogP contribution >= 0.6 is 0 Å². The summed E-state index contributed by atoms with van der Waals surface area (Å²) in [6.07, 6.45) is 2.45. The summed E-state index contributed by atoms with van der Waals surface area (Å²) in [5, 5.41) is 0. The Hall–Kier alpha value is -3.01. The Morgan fingerprint density at radius 3 is 2.64 bits per heavy atom. The van der Waals surface area contributed by atoms with Crippen molar-refractivity contribution in [1.82, 2.24) is 9.88 Å². The average Bonchev–Trinajstić information content (AvgIpc) is 3.20. The van der Waals surface area contributed by atoms with Crippen molar-refractivity contribution in [3.05, 3.63) is 95.3 Å². The van der Waals surface area contributed by atoms with Crippen molar-refractivity contribution < 1.29 is 9.53 Å². The zero-order valence-electron chi connectivity index (χ0n) is 13.9. The summed E-state index contributed by atoms with van der Waals surface area (Å²) in [5.41, 5.74) is 4.44. The van der Waals surface area contributed by atoms with Gasteiger partial charge in [0.05, 0.1) is 0 Å². The van der Waals surface area contributed by atoms with Gasteiger partial charge in [-0.1, -0.05) is 54.6 Å². The van der Waals surface area contributed by atoms with Gasteiger partial charge in [-0.05, 0) is 35.2 Å². The molecule has 4 heteroatoms. The lowest BCUT2D eigenvalue weighted by molar-refractivity contribution is 0.0831. The third-order valence-corrected chi connectivity index (χ3v) is 4.64. The molecule has 1 aliphatic rings. The fourth-order valence-electron chi connectivity index (χ4n) is 3.42. The summed E-state index contributed by atoms with van der Waals surface area (Å²) < 4.78 is 5.58. The monoisotopic (exact) mass is 332 g/mol. The van der Waals surface area contributed by atoms with Crippen LogP contribution in [0.4, 0.5) is 4.79 Å². The fraction of sp³-hybridized carbons (Fsp3) is 0.190. The molecule has 1 aromatic heterocycles. The standard InChI is InChI=1S/C21H20N2O2/c24-21(25-15-16-7-2-1-3-8-16)23-14-12-17-9-4-5-10-18(17)20(23)19-11-6-13-22-19/h1-11,13,20,22H,12,14-15H2. The number of rotatable bonds is 3. The van der Waals surface area contributed by atoms with E-state index in [-0.39, 0.29) is 18.7 Å². The van der Waals surface area contributed by atoms with Crippen LogP contribution in [0.25, 0.3) is 0 Å². The maximum Gasteiger partial charge on any atom is 0.410 e. The second-order valence-electron chi connectivity index (χ2n) is 6.21. The molecule has 0 fully saturated rings. The molecule has 1 N–H and O–H groups in total. The van der Waals surface area contributed by atoms with Crippen molar-refractivity contribution in [2.45, 2.75) is 19.1 Å². The van der Waals surface area contributed by atoms with Crippen LogP contribution in [-0.4, -0.2) is 22.5 Å². The molecule has 126 valence electrons. The Balaban J connectivity index is 1.58. The van der Waals surface area contributed by atoms with E-state index in [9.17, 15) is 4.79 Å². The van der Waals surface area contributed by atoms with Crippen LogP contribution < -0.4 is 0 Å². The largest absolute Gasteiger partial charge is 0.445 e. The van der Waals surface area contributed by atoms with Crippen LogP contribution in [0, 0.1) is 0 Å². The normalized spacial score (nSPS) is 16.3. The van der Waals surface area contributed by atoms with Crippen LogP contribution in [0.1, 0.15) is 28.4 Å². The minimum Gasteiger partial charge on any atom is -0.445 e. The van der Waals surface area contributed by atoms with Gasteiger partial charge in [-0.25, -0.2) is 4.79 Å². The van der Waals surface area contributed by atoms with Gasteiger partial charge in [0.2, 0.25) is 0 Å². The summed E-state index contributed by atoms with van der Waals surface area (Å²) in [7, 11) is 0. The van der Waals surface area contributed by atoms with Crippen LogP contribution in [0.5, 0.6) is 0 Å². The number of H-pyrrole nitrogens is 1. The van der Waals surface area contributed by atoms with E-state index < -0.39 is 0 Å². The Morgan fingerprint density at radius 1 is 1.04 bits per heavy atom. The quantitative estimate of drug-likeness (QED) is 0.777. The van der Waals surface area contributed by atoms with Gasteiger partial charge < -0.3 is 9.72 Å². The number of fused-ring (bicyclic) bond motifs is 1. The minimum atomic E-state index is -0.280. The van der Waals surface area contributed by atoms with Crippen molar-refractivity contribution in [1.29, 1.82) is 0 Å². The number of hydrogen-bond acceptors (Lipinski definition) is 2. The molecule has 0 spiro atoms. The van der Waals surface area contributed by atoms with Gasteiger partial charge in [0.15, 0.2) is 0 Å². The number of carbonyl (C=O) groups is 1. The number of aromatic nitrogens is 1. The van der Waals surface area contributed by atoms with Gasteiger partial charge in [-0.2, -0.15) is 0 Å². The molecule has 0 saturated carbocycles. The molecule has 25 heavy (non-hydrogen) atoms. The highest BCUT2D eigenvalue weighted by molar-refractivity contribution is 5.70. The van der Waals surface area contributed by atoms with Crippen molar-refractivity contribution in [3.63, 3.8) is 0 Å². The predicted molar refractivity (Wildman–Crippen MR) is 96.1 cm³/mol. The predicted octanol–water partition coefficient (Wildman–Crippen LogP) is 4.30. The lowest BCUT2D eigenvalue weighted by atomic mass is 9.91. The maximum absolute atomic E-state index is 12.8. The summed E-state index contributed by atoms with van der Waals surface area (Å²) in [6, 6.07) is 21.9. The highest BCUT2D eigenvalue weighted by atomic mass is 16.6. The average molecular weight is 332 g/mol. The Labute approximate surface area is 147 Å². The number of amides is 1. The summed E-state index contributed by atoms with van der Waals surface area (Å²) >= 11 is 0. The smallest absolute Gasteiger partial charge is 0.410 e. The first-order valence-corrected chi connectivity index (χ1v) is 8.51. The number of hydrogen-bond donors (Lipinski definition) is 1. The highest BCUT2D eigenvalue weighted by Gasteiger charge is 2.33. The first-order chi connectivity index (χ1) is 12.3. The second-order valence-corrected chi connectivity index (χ2v) is 6.21. The molecular formula is C21H20N2O2. The molecule has 4 rings (SSSR count). The van der Waals surface area contributed by atoms with Crippen LogP contribution in [0.3, 0.4) is 0 Å². The lowest BCUT2D eigenvalue weighted by Crippen LogP contribution is -2.41. The molecule has 3 aromatic rings. The Kier molecular flexibility index (Phi) is 4.25. The number of nitrogens with zero attached hydrogens (tertiary/aromatic N) is 1. The lowest BCUT2D eigenvalue weighted by Gasteiger charge is -2.36. The number of benzene rings is 2. The van der Waals surface area contributed by atoms with E-state index >= 15 is 0 Å². The second kappa shape index (κ2) is 6.85. The fourth-order valence-corrected chi connectivity index (χ4v) is 3.42. The third kappa shape index (κ3) is 3.15. The SMILES string of the molecule is O=C(OCc1ccccc1)N1CCc2ccccc2C1c1ccc[nH]1. The molecule has 0 radical (unpaired) electrons. The Morgan fingerprint density at radius 2 is 1.84 bits per heavy atom. The van der Waals surface area contributed by atoms with Crippen molar-refractivity contribution >= 4 is 6.09 Å². The van der Waals surface area contributed by atoms with E-state index in [4.69, 9.17) is 4.74 Å². The van der Waals surface area contributed by atoms with E-state index in [0.717, 1.165) is 23.2 Å². The molecule has 2 aromatic carbocycles. The first kappa shape index (κ1) is 15.5. The number of nitrogens with one attached hydrogen (secondary N) is 1. The number of ether oxygens (including phenoxy) is 1. The molecule has 1 amide bonds. The van der Waals surface area contributed by atoms with Crippen LogP contribution in [-0.2, 0) is 17.8 Å². The van der Waals surface area contributed by atoms with E-state index in [1.807, 2.05) is 65.7 Å². The maximum atomic E-state index is 12.8. The molecule has 2 heterocycles. The van der Waals surface area contributed by atoms with Gasteiger partial charge >= 0.3 is 6.09 Å². The summed E-state index contributed by atoms with van der Waals surface area (Å²) in [5.74, 6) is 0. The molecule has 0 bridgehead atoms. The third-order valence-electron chi connectivity index (χ3n) is 4.64.